The van der Waals surface area contributed by atoms with Crippen LogP contribution in [0.2, 0.25) is 0 Å². The molecule has 1 unspecified atom stereocenters. The summed E-state index contributed by atoms with van der Waals surface area (Å²) in [6, 6.07) is 8.62. The molecule has 150 valence electrons. The number of aliphatic hydroxyl groups excluding tert-OH is 1. The number of carbonyl (C=O) groups excluding carboxylic acids is 1. The molecule has 0 saturated heterocycles. The van der Waals surface area contributed by atoms with Gasteiger partial charge in [0.1, 0.15) is 4.60 Å². The van der Waals surface area contributed by atoms with Gasteiger partial charge in [-0.1, -0.05) is 0 Å². The van der Waals surface area contributed by atoms with E-state index in [1.807, 2.05) is 0 Å². The summed E-state index contributed by atoms with van der Waals surface area (Å²) in [5, 5.41) is 10.4. The minimum atomic E-state index is -0.839. The van der Waals surface area contributed by atoms with E-state index >= 15 is 0 Å². The zero-order valence-electron chi connectivity index (χ0n) is 16.0. The first-order valence-corrected chi connectivity index (χ1v) is 10.0. The number of Topliss-reactive ketones (excluding diaryl/α,β-unsaturated/α-hetero) is 1. The van der Waals surface area contributed by atoms with E-state index in [1.165, 1.54) is 12.8 Å². The molecule has 28 heavy (non-hydrogen) atoms. The number of halogens is 1. The SMILES string of the molecule is COc1cc(C(=O)CCC(O)c2ccc(OC)c(Br)n2)ccc1OCC1CC1. The summed E-state index contributed by atoms with van der Waals surface area (Å²) in [5.74, 6) is 2.35. The van der Waals surface area contributed by atoms with Gasteiger partial charge < -0.3 is 19.3 Å². The van der Waals surface area contributed by atoms with Crippen LogP contribution in [0, 0.1) is 5.92 Å². The Morgan fingerprint density at radius 2 is 1.89 bits per heavy atom. The van der Waals surface area contributed by atoms with Gasteiger partial charge in [0.05, 0.1) is 32.6 Å². The van der Waals surface area contributed by atoms with Gasteiger partial charge in [0.25, 0.3) is 0 Å². The Labute approximate surface area is 173 Å². The van der Waals surface area contributed by atoms with Crippen molar-refractivity contribution in [2.45, 2.75) is 31.8 Å². The highest BCUT2D eigenvalue weighted by Crippen LogP contribution is 2.33. The first-order chi connectivity index (χ1) is 13.5. The number of pyridine rings is 1. The third kappa shape index (κ3) is 5.23. The van der Waals surface area contributed by atoms with Crippen molar-refractivity contribution in [2.24, 2.45) is 5.92 Å². The van der Waals surface area contributed by atoms with Crippen LogP contribution in [0.25, 0.3) is 0 Å². The zero-order chi connectivity index (χ0) is 20.1. The van der Waals surface area contributed by atoms with Crippen LogP contribution in [0.5, 0.6) is 17.2 Å². The van der Waals surface area contributed by atoms with Crippen molar-refractivity contribution in [3.8, 4) is 17.2 Å². The maximum Gasteiger partial charge on any atom is 0.163 e. The van der Waals surface area contributed by atoms with Gasteiger partial charge in [0.15, 0.2) is 23.0 Å². The molecular formula is C21H24BrNO5. The van der Waals surface area contributed by atoms with Gasteiger partial charge in [-0.15, -0.1) is 0 Å². The second-order valence-corrected chi connectivity index (χ2v) is 7.58. The Balaban J connectivity index is 1.59. The van der Waals surface area contributed by atoms with Gasteiger partial charge >= 0.3 is 0 Å². The van der Waals surface area contributed by atoms with E-state index in [9.17, 15) is 9.90 Å². The average Bonchev–Trinajstić information content (AvgIpc) is 3.54. The van der Waals surface area contributed by atoms with Crippen LogP contribution in [-0.2, 0) is 0 Å². The summed E-state index contributed by atoms with van der Waals surface area (Å²) in [6.45, 7) is 0.681. The Kier molecular flexibility index (Phi) is 6.91. The van der Waals surface area contributed by atoms with Crippen molar-refractivity contribution in [1.29, 1.82) is 0 Å². The quantitative estimate of drug-likeness (QED) is 0.429. The van der Waals surface area contributed by atoms with Crippen molar-refractivity contribution in [2.75, 3.05) is 20.8 Å². The number of nitrogens with zero attached hydrogens (tertiary/aromatic N) is 1. The number of methoxy groups -OCH3 is 2. The fourth-order valence-corrected chi connectivity index (χ4v) is 3.28. The van der Waals surface area contributed by atoms with Crippen LogP contribution < -0.4 is 14.2 Å². The molecule has 1 saturated carbocycles. The van der Waals surface area contributed by atoms with E-state index < -0.39 is 6.10 Å². The molecule has 7 heteroatoms. The number of hydrogen-bond donors (Lipinski definition) is 1. The summed E-state index contributed by atoms with van der Waals surface area (Å²) in [6.07, 6.45) is 2.04. The van der Waals surface area contributed by atoms with Crippen molar-refractivity contribution in [1.82, 2.24) is 4.98 Å². The normalized spacial score (nSPS) is 14.4. The smallest absolute Gasteiger partial charge is 0.163 e. The summed E-state index contributed by atoms with van der Waals surface area (Å²) < 4.78 is 16.8. The molecule has 0 spiro atoms. The Morgan fingerprint density at radius 3 is 2.54 bits per heavy atom. The van der Waals surface area contributed by atoms with Gasteiger partial charge in [-0.25, -0.2) is 4.98 Å². The highest BCUT2D eigenvalue weighted by atomic mass is 79.9. The van der Waals surface area contributed by atoms with Gasteiger partial charge in [-0.05, 0) is 71.4 Å². The summed E-state index contributed by atoms with van der Waals surface area (Å²) >= 11 is 3.30. The Hall–Kier alpha value is -2.12. The van der Waals surface area contributed by atoms with Gasteiger partial charge in [-0.3, -0.25) is 4.79 Å². The van der Waals surface area contributed by atoms with Gasteiger partial charge in [-0.2, -0.15) is 0 Å². The fourth-order valence-electron chi connectivity index (χ4n) is 2.79. The predicted octanol–water partition coefficient (Wildman–Crippen LogP) is 4.35. The molecular weight excluding hydrogens is 426 g/mol. The molecule has 3 rings (SSSR count). The molecule has 6 nitrogen and oxygen atoms in total. The molecule has 2 aromatic rings. The Morgan fingerprint density at radius 1 is 1.18 bits per heavy atom. The van der Waals surface area contributed by atoms with Crippen molar-refractivity contribution < 1.29 is 24.1 Å². The summed E-state index contributed by atoms with van der Waals surface area (Å²) in [7, 11) is 3.11. The second kappa shape index (κ2) is 9.39. The molecule has 0 radical (unpaired) electrons. The lowest BCUT2D eigenvalue weighted by Gasteiger charge is -2.13. The number of aromatic nitrogens is 1. The van der Waals surface area contributed by atoms with Crippen LogP contribution in [0.4, 0.5) is 0 Å². The lowest BCUT2D eigenvalue weighted by Crippen LogP contribution is -2.07. The van der Waals surface area contributed by atoms with E-state index in [4.69, 9.17) is 14.2 Å². The summed E-state index contributed by atoms with van der Waals surface area (Å²) in [4.78, 5) is 16.8. The molecule has 1 aromatic carbocycles. The Bertz CT molecular complexity index is 838. The topological polar surface area (TPSA) is 77.9 Å². The van der Waals surface area contributed by atoms with E-state index in [1.54, 1.807) is 44.6 Å². The van der Waals surface area contributed by atoms with Crippen LogP contribution in [0.1, 0.15) is 47.8 Å². The highest BCUT2D eigenvalue weighted by molar-refractivity contribution is 9.10. The standard InChI is InChI=1S/C21H24BrNO5/c1-26-19-10-6-15(23-21(19)22)17(25)8-7-16(24)14-5-9-18(20(11-14)27-2)28-12-13-3-4-13/h5-6,9-11,13,17,25H,3-4,7-8,12H2,1-2H3. The van der Waals surface area contributed by atoms with Gasteiger partial charge in [0, 0.05) is 12.0 Å². The van der Waals surface area contributed by atoms with Crippen molar-refractivity contribution >= 4 is 21.7 Å². The average molecular weight is 450 g/mol. The molecule has 1 atom stereocenters. The molecule has 1 aliphatic carbocycles. The number of hydrogen-bond acceptors (Lipinski definition) is 6. The van der Waals surface area contributed by atoms with E-state index in [0.717, 1.165) is 0 Å². The van der Waals surface area contributed by atoms with Crippen LogP contribution in [0.15, 0.2) is 34.9 Å². The molecule has 1 fully saturated rings. The molecule has 0 bridgehead atoms. The molecule has 1 heterocycles. The first-order valence-electron chi connectivity index (χ1n) is 9.24. The summed E-state index contributed by atoms with van der Waals surface area (Å²) in [5.41, 5.74) is 1.02. The lowest BCUT2D eigenvalue weighted by molar-refractivity contribution is 0.0937. The predicted molar refractivity (Wildman–Crippen MR) is 108 cm³/mol. The number of rotatable bonds is 10. The van der Waals surface area contributed by atoms with E-state index in [2.05, 4.69) is 20.9 Å². The number of benzene rings is 1. The largest absolute Gasteiger partial charge is 0.494 e. The second-order valence-electron chi connectivity index (χ2n) is 6.83. The number of ether oxygens (including phenoxy) is 3. The van der Waals surface area contributed by atoms with Crippen LogP contribution in [-0.4, -0.2) is 36.7 Å². The molecule has 0 aliphatic heterocycles. The number of aliphatic hydroxyl groups is 1. The number of ketones is 1. The van der Waals surface area contributed by atoms with Gasteiger partial charge in [0.2, 0.25) is 0 Å². The molecule has 1 aromatic heterocycles. The van der Waals surface area contributed by atoms with E-state index in [0.29, 0.717) is 45.6 Å². The van der Waals surface area contributed by atoms with Crippen LogP contribution >= 0.6 is 15.9 Å². The first kappa shape index (κ1) is 20.6. The third-order valence-corrected chi connectivity index (χ3v) is 5.27. The fraction of sp³-hybridized carbons (Fsp3) is 0.429. The molecule has 1 N–H and O–H groups in total. The zero-order valence-corrected chi connectivity index (χ0v) is 17.6. The third-order valence-electron chi connectivity index (χ3n) is 4.70. The van der Waals surface area contributed by atoms with E-state index in [-0.39, 0.29) is 18.6 Å². The molecule has 0 amide bonds. The maximum absolute atomic E-state index is 12.5. The van der Waals surface area contributed by atoms with Crippen molar-refractivity contribution in [3.63, 3.8) is 0 Å². The highest BCUT2D eigenvalue weighted by Gasteiger charge is 2.23. The minimum Gasteiger partial charge on any atom is -0.494 e. The minimum absolute atomic E-state index is 0.0707. The number of carbonyl (C=O) groups is 1. The monoisotopic (exact) mass is 449 g/mol. The lowest BCUT2D eigenvalue weighted by atomic mass is 10.0. The maximum atomic E-state index is 12.5. The van der Waals surface area contributed by atoms with Crippen molar-refractivity contribution in [3.05, 3.63) is 46.2 Å². The molecule has 1 aliphatic rings. The van der Waals surface area contributed by atoms with Crippen LogP contribution in [0.3, 0.4) is 0 Å².